The van der Waals surface area contributed by atoms with Crippen LogP contribution < -0.4 is 5.73 Å². The van der Waals surface area contributed by atoms with Gasteiger partial charge in [-0.1, -0.05) is 35.5 Å². The molecule has 1 aliphatic heterocycles. The molecule has 1 aromatic heterocycles. The Morgan fingerprint density at radius 3 is 2.88 bits per heavy atom. The van der Waals surface area contributed by atoms with Crippen LogP contribution in [0.5, 0.6) is 0 Å². The third-order valence-electron chi connectivity index (χ3n) is 3.98. The summed E-state index contributed by atoms with van der Waals surface area (Å²) in [5.41, 5.74) is 6.03. The summed E-state index contributed by atoms with van der Waals surface area (Å²) in [5, 5.41) is 8.67. The van der Waals surface area contributed by atoms with Crippen molar-refractivity contribution in [3.05, 3.63) is 29.3 Å². The Morgan fingerprint density at radius 1 is 1.32 bits per heavy atom. The lowest BCUT2D eigenvalue weighted by atomic mass is 10.0. The zero-order valence-electron chi connectivity index (χ0n) is 13.4. The standard InChI is InChI=1S/C16H17ClN4O3S/c17-11-6-2-1-5-10(11)15-19-20-16(24-15)25-9-13(22)21-8-4-3-7-12(21)14(18)23/h1-2,5-6,12H,3-4,7-9H2,(H2,18,23). The molecule has 0 bridgehead atoms. The molecular formula is C16H17ClN4O3S. The Labute approximate surface area is 153 Å². The first-order chi connectivity index (χ1) is 12.1. The SMILES string of the molecule is NC(=O)C1CCCCN1C(=O)CSc1nnc(-c2ccccc2Cl)o1. The van der Waals surface area contributed by atoms with E-state index in [0.717, 1.165) is 24.6 Å². The van der Waals surface area contributed by atoms with Gasteiger partial charge in [0.1, 0.15) is 6.04 Å². The van der Waals surface area contributed by atoms with E-state index in [1.807, 2.05) is 12.1 Å². The van der Waals surface area contributed by atoms with Gasteiger partial charge in [0.05, 0.1) is 16.3 Å². The molecule has 2 aromatic rings. The van der Waals surface area contributed by atoms with Gasteiger partial charge in [-0.3, -0.25) is 9.59 Å². The van der Waals surface area contributed by atoms with Gasteiger partial charge in [0.2, 0.25) is 17.7 Å². The second-order valence-corrected chi connectivity index (χ2v) is 6.98. The van der Waals surface area contributed by atoms with E-state index in [1.165, 1.54) is 0 Å². The number of nitrogens with two attached hydrogens (primary N) is 1. The summed E-state index contributed by atoms with van der Waals surface area (Å²) >= 11 is 7.23. The average Bonchev–Trinajstić information content (AvgIpc) is 3.08. The third-order valence-corrected chi connectivity index (χ3v) is 5.11. The highest BCUT2D eigenvalue weighted by Gasteiger charge is 2.30. The van der Waals surface area contributed by atoms with Gasteiger partial charge < -0.3 is 15.1 Å². The fourth-order valence-corrected chi connectivity index (χ4v) is 3.61. The second-order valence-electron chi connectivity index (χ2n) is 5.64. The second kappa shape index (κ2) is 7.88. The third kappa shape index (κ3) is 4.13. The molecule has 25 heavy (non-hydrogen) atoms. The number of hydrogen-bond donors (Lipinski definition) is 1. The van der Waals surface area contributed by atoms with Crippen LogP contribution in [0.15, 0.2) is 33.9 Å². The fraction of sp³-hybridized carbons (Fsp3) is 0.375. The molecular weight excluding hydrogens is 364 g/mol. The molecule has 2 heterocycles. The summed E-state index contributed by atoms with van der Waals surface area (Å²) in [6.45, 7) is 0.543. The molecule has 1 saturated heterocycles. The van der Waals surface area contributed by atoms with Crippen molar-refractivity contribution in [3.8, 4) is 11.5 Å². The molecule has 3 rings (SSSR count). The Bertz CT molecular complexity index is 782. The summed E-state index contributed by atoms with van der Waals surface area (Å²) < 4.78 is 5.56. The molecule has 2 amide bonds. The number of carbonyl (C=O) groups is 2. The van der Waals surface area contributed by atoms with Crippen molar-refractivity contribution in [1.29, 1.82) is 0 Å². The van der Waals surface area contributed by atoms with Crippen molar-refractivity contribution in [2.24, 2.45) is 5.73 Å². The number of benzene rings is 1. The number of aromatic nitrogens is 2. The molecule has 9 heteroatoms. The number of thioether (sulfide) groups is 1. The highest BCUT2D eigenvalue weighted by Crippen LogP contribution is 2.29. The van der Waals surface area contributed by atoms with Gasteiger partial charge in [0.15, 0.2) is 0 Å². The molecule has 1 aliphatic rings. The summed E-state index contributed by atoms with van der Waals surface area (Å²) in [6.07, 6.45) is 2.38. The first kappa shape index (κ1) is 17.8. The van der Waals surface area contributed by atoms with Crippen LogP contribution in [-0.2, 0) is 9.59 Å². The molecule has 7 nitrogen and oxygen atoms in total. The predicted molar refractivity (Wildman–Crippen MR) is 94.0 cm³/mol. The van der Waals surface area contributed by atoms with Crippen molar-refractivity contribution in [2.45, 2.75) is 30.5 Å². The van der Waals surface area contributed by atoms with Gasteiger partial charge in [0.25, 0.3) is 5.22 Å². The first-order valence-electron chi connectivity index (χ1n) is 7.86. The summed E-state index contributed by atoms with van der Waals surface area (Å²) in [6, 6.07) is 6.62. The van der Waals surface area contributed by atoms with Crippen LogP contribution in [0.25, 0.3) is 11.5 Å². The van der Waals surface area contributed by atoms with E-state index in [2.05, 4.69) is 10.2 Å². The van der Waals surface area contributed by atoms with Gasteiger partial charge >= 0.3 is 0 Å². The Hall–Kier alpha value is -2.06. The lowest BCUT2D eigenvalue weighted by Crippen LogP contribution is -2.51. The maximum absolute atomic E-state index is 12.4. The smallest absolute Gasteiger partial charge is 0.277 e. The van der Waals surface area contributed by atoms with Crippen LogP contribution in [0.1, 0.15) is 19.3 Å². The van der Waals surface area contributed by atoms with Gasteiger partial charge in [-0.15, -0.1) is 10.2 Å². The van der Waals surface area contributed by atoms with E-state index >= 15 is 0 Å². The highest BCUT2D eigenvalue weighted by atomic mass is 35.5. The van der Waals surface area contributed by atoms with Gasteiger partial charge in [-0.25, -0.2) is 0 Å². The number of nitrogens with zero attached hydrogens (tertiary/aromatic N) is 3. The highest BCUT2D eigenvalue weighted by molar-refractivity contribution is 7.99. The maximum Gasteiger partial charge on any atom is 0.277 e. The van der Waals surface area contributed by atoms with Crippen LogP contribution in [0.4, 0.5) is 0 Å². The molecule has 0 saturated carbocycles. The fourth-order valence-electron chi connectivity index (χ4n) is 2.74. The largest absolute Gasteiger partial charge is 0.411 e. The van der Waals surface area contributed by atoms with E-state index in [0.29, 0.717) is 29.4 Å². The Morgan fingerprint density at radius 2 is 2.12 bits per heavy atom. The van der Waals surface area contributed by atoms with Crippen LogP contribution in [0.3, 0.4) is 0 Å². The van der Waals surface area contributed by atoms with E-state index in [-0.39, 0.29) is 16.9 Å². The number of halogens is 1. The lowest BCUT2D eigenvalue weighted by Gasteiger charge is -2.33. The Balaban J connectivity index is 1.63. The van der Waals surface area contributed by atoms with Crippen molar-refractivity contribution in [1.82, 2.24) is 15.1 Å². The number of hydrogen-bond acceptors (Lipinski definition) is 6. The summed E-state index contributed by atoms with van der Waals surface area (Å²) in [7, 11) is 0. The van der Waals surface area contributed by atoms with Crippen molar-refractivity contribution >= 4 is 35.2 Å². The minimum Gasteiger partial charge on any atom is -0.411 e. The normalized spacial score (nSPS) is 17.5. The van der Waals surface area contributed by atoms with Crippen LogP contribution in [0, 0.1) is 0 Å². The van der Waals surface area contributed by atoms with E-state index in [1.54, 1.807) is 17.0 Å². The van der Waals surface area contributed by atoms with E-state index in [4.69, 9.17) is 21.8 Å². The number of rotatable bonds is 5. The number of primary amides is 1. The number of piperidine rings is 1. The summed E-state index contributed by atoms with van der Waals surface area (Å²) in [5.74, 6) is -0.218. The topological polar surface area (TPSA) is 102 Å². The maximum atomic E-state index is 12.4. The molecule has 2 N–H and O–H groups in total. The van der Waals surface area contributed by atoms with Crippen LogP contribution in [0.2, 0.25) is 5.02 Å². The number of amides is 2. The number of carbonyl (C=O) groups excluding carboxylic acids is 2. The molecule has 1 aromatic carbocycles. The lowest BCUT2D eigenvalue weighted by molar-refractivity contribution is -0.138. The van der Waals surface area contributed by atoms with Gasteiger partial charge in [-0.05, 0) is 31.4 Å². The molecule has 132 valence electrons. The predicted octanol–water partition coefficient (Wildman–Crippen LogP) is 2.35. The molecule has 0 aliphatic carbocycles. The Kier molecular flexibility index (Phi) is 5.60. The van der Waals surface area contributed by atoms with Crippen LogP contribution in [-0.4, -0.2) is 45.3 Å². The monoisotopic (exact) mass is 380 g/mol. The van der Waals surface area contributed by atoms with E-state index < -0.39 is 11.9 Å². The average molecular weight is 381 g/mol. The van der Waals surface area contributed by atoms with Gasteiger partial charge in [0, 0.05) is 6.54 Å². The quantitative estimate of drug-likeness (QED) is 0.799. The minimum absolute atomic E-state index is 0.105. The zero-order chi connectivity index (χ0) is 17.8. The first-order valence-corrected chi connectivity index (χ1v) is 9.22. The molecule has 1 unspecified atom stereocenters. The van der Waals surface area contributed by atoms with Crippen molar-refractivity contribution < 1.29 is 14.0 Å². The van der Waals surface area contributed by atoms with Crippen molar-refractivity contribution in [2.75, 3.05) is 12.3 Å². The molecule has 0 radical (unpaired) electrons. The van der Waals surface area contributed by atoms with Crippen LogP contribution >= 0.6 is 23.4 Å². The molecule has 1 fully saturated rings. The molecule has 0 spiro atoms. The van der Waals surface area contributed by atoms with E-state index in [9.17, 15) is 9.59 Å². The zero-order valence-corrected chi connectivity index (χ0v) is 14.9. The molecule has 1 atom stereocenters. The summed E-state index contributed by atoms with van der Waals surface area (Å²) in [4.78, 5) is 25.5. The number of likely N-dealkylation sites (tertiary alicyclic amines) is 1. The minimum atomic E-state index is -0.525. The van der Waals surface area contributed by atoms with Crippen molar-refractivity contribution in [3.63, 3.8) is 0 Å². The van der Waals surface area contributed by atoms with Gasteiger partial charge in [-0.2, -0.15) is 0 Å².